The number of nitrogens with zero attached hydrogens (tertiary/aromatic N) is 1. The highest BCUT2D eigenvalue weighted by molar-refractivity contribution is 5.88. The summed E-state index contributed by atoms with van der Waals surface area (Å²) in [5, 5.41) is 45.2. The Morgan fingerprint density at radius 2 is 1.44 bits per heavy atom. The number of carbonyl (C=O) groups excluding carboxylic acids is 1. The Balaban J connectivity index is 0.000000495. The maximum atomic E-state index is 12.8. The quantitative estimate of drug-likeness (QED) is 0.190. The Bertz CT molecular complexity index is 990. The first-order valence-corrected chi connectivity index (χ1v) is 12.9. The fraction of sp³-hybridized carbons (Fsp3) is 0.571. The van der Waals surface area contributed by atoms with Crippen molar-refractivity contribution in [3.05, 3.63) is 35.9 Å². The molecule has 0 amide bonds. The van der Waals surface area contributed by atoms with Crippen LogP contribution in [0.15, 0.2) is 30.3 Å². The summed E-state index contributed by atoms with van der Waals surface area (Å²) in [5.74, 6) is 0.229. The first-order chi connectivity index (χ1) is 18.4. The number of ether oxygens (including phenoxy) is 1. The molecule has 11 heteroatoms. The lowest BCUT2D eigenvalue weighted by Crippen LogP contribution is -2.45. The molecule has 1 aliphatic rings. The molecule has 0 heterocycles. The van der Waals surface area contributed by atoms with Crippen LogP contribution < -0.4 is 0 Å². The largest absolute Gasteiger partial charge is 0.481 e. The molecule has 0 aliphatic heterocycles. The van der Waals surface area contributed by atoms with Gasteiger partial charge in [-0.3, -0.25) is 14.5 Å². The summed E-state index contributed by atoms with van der Waals surface area (Å²) in [6.45, 7) is 6.75. The van der Waals surface area contributed by atoms with Crippen molar-refractivity contribution in [1.29, 1.82) is 0 Å². The van der Waals surface area contributed by atoms with Crippen LogP contribution in [-0.4, -0.2) is 86.2 Å². The molecule has 2 rings (SSSR count). The molecule has 1 atom stereocenters. The predicted octanol–water partition coefficient (Wildman–Crippen LogP) is 2.09. The van der Waals surface area contributed by atoms with Crippen molar-refractivity contribution < 1.29 is 49.4 Å². The predicted molar refractivity (Wildman–Crippen MR) is 141 cm³/mol. The zero-order chi connectivity index (χ0) is 29.5. The lowest BCUT2D eigenvalue weighted by molar-refractivity contribution is -0.174. The number of carboxylic acids is 3. The van der Waals surface area contributed by atoms with E-state index in [9.17, 15) is 24.3 Å². The summed E-state index contributed by atoms with van der Waals surface area (Å²) in [7, 11) is 0. The van der Waals surface area contributed by atoms with E-state index in [0.29, 0.717) is 12.1 Å². The van der Waals surface area contributed by atoms with E-state index in [1.165, 1.54) is 0 Å². The minimum Gasteiger partial charge on any atom is -0.481 e. The molecule has 0 radical (unpaired) electrons. The Hall–Kier alpha value is -3.46. The average molecular weight is 550 g/mol. The number of hydrogen-bond acceptors (Lipinski definition) is 8. The van der Waals surface area contributed by atoms with Crippen LogP contribution in [0.1, 0.15) is 64.4 Å². The van der Waals surface area contributed by atoms with Gasteiger partial charge in [-0.15, -0.1) is 0 Å². The van der Waals surface area contributed by atoms with Gasteiger partial charge in [0, 0.05) is 5.92 Å². The second kappa shape index (κ2) is 16.5. The summed E-state index contributed by atoms with van der Waals surface area (Å²) >= 11 is 0. The molecule has 5 N–H and O–H groups in total. The molecule has 1 unspecified atom stereocenters. The highest BCUT2D eigenvalue weighted by Gasteiger charge is 2.47. The third-order valence-corrected chi connectivity index (χ3v) is 6.60. The van der Waals surface area contributed by atoms with Crippen molar-refractivity contribution in [2.75, 3.05) is 26.2 Å². The third kappa shape index (κ3) is 10.7. The van der Waals surface area contributed by atoms with Gasteiger partial charge in [0.25, 0.3) is 0 Å². The fourth-order valence-corrected chi connectivity index (χ4v) is 4.32. The van der Waals surface area contributed by atoms with Crippen LogP contribution in [0.3, 0.4) is 0 Å². The summed E-state index contributed by atoms with van der Waals surface area (Å²) in [4.78, 5) is 45.5. The zero-order valence-corrected chi connectivity index (χ0v) is 22.5. The van der Waals surface area contributed by atoms with Crippen LogP contribution >= 0.6 is 0 Å². The highest BCUT2D eigenvalue weighted by Crippen LogP contribution is 2.40. The van der Waals surface area contributed by atoms with Crippen molar-refractivity contribution in [3.63, 3.8) is 0 Å². The molecule has 216 valence electrons. The standard InChI is InChI=1S/C22H31NO3.C6H8O7/c1-3-23(4-2)17-11-12-18-26-21(24)22(25,19-13-7-5-8-14-19)20-15-9-6-10-16-20;7-3(8)1-6(13,5(11)12)2-4(9)10/h5,7-8,13-14,20,25H,3-4,6,9-10,15-18H2,1-2H3;13H,1-2H2,(H,7,8)(H,9,10)(H,11,12). The monoisotopic (exact) mass is 549 g/mol. The summed E-state index contributed by atoms with van der Waals surface area (Å²) in [6.07, 6.45) is 2.63. The van der Waals surface area contributed by atoms with Gasteiger partial charge in [0.1, 0.15) is 0 Å². The van der Waals surface area contributed by atoms with Crippen LogP contribution in [0.25, 0.3) is 0 Å². The fourth-order valence-electron chi connectivity index (χ4n) is 4.32. The lowest BCUT2D eigenvalue weighted by atomic mass is 9.73. The molecule has 1 aromatic carbocycles. The van der Waals surface area contributed by atoms with Gasteiger partial charge in [0.05, 0.1) is 19.4 Å². The van der Waals surface area contributed by atoms with Gasteiger partial charge < -0.3 is 30.3 Å². The molecular weight excluding hydrogens is 510 g/mol. The molecule has 1 aliphatic carbocycles. The van der Waals surface area contributed by atoms with Gasteiger partial charge in [-0.05, 0) is 31.5 Å². The normalized spacial score (nSPS) is 15.1. The van der Waals surface area contributed by atoms with Crippen molar-refractivity contribution in [3.8, 4) is 11.8 Å². The van der Waals surface area contributed by atoms with E-state index >= 15 is 0 Å². The Morgan fingerprint density at radius 1 is 0.897 bits per heavy atom. The van der Waals surface area contributed by atoms with E-state index in [2.05, 4.69) is 30.6 Å². The third-order valence-electron chi connectivity index (χ3n) is 6.60. The molecule has 1 saturated carbocycles. The SMILES string of the molecule is CCN(CC)CC#CCOC(=O)C(O)(c1ccccc1)C1CCCCC1.O=C(O)CC(O)(CC(=O)O)C(=O)O. The number of aliphatic hydroxyl groups is 2. The van der Waals surface area contributed by atoms with E-state index in [1.54, 1.807) is 0 Å². The Labute approximate surface area is 228 Å². The van der Waals surface area contributed by atoms with Gasteiger partial charge in [0.15, 0.2) is 17.8 Å². The molecule has 0 saturated heterocycles. The second-order valence-electron chi connectivity index (χ2n) is 9.34. The first-order valence-electron chi connectivity index (χ1n) is 12.9. The topological polar surface area (TPSA) is 182 Å². The Morgan fingerprint density at radius 3 is 1.90 bits per heavy atom. The van der Waals surface area contributed by atoms with E-state index in [0.717, 1.165) is 45.2 Å². The minimum atomic E-state index is -2.74. The molecule has 0 aromatic heterocycles. The average Bonchev–Trinajstić information content (AvgIpc) is 2.90. The number of hydrogen-bond donors (Lipinski definition) is 5. The van der Waals surface area contributed by atoms with Crippen LogP contribution in [-0.2, 0) is 29.5 Å². The van der Waals surface area contributed by atoms with Gasteiger partial charge in [-0.2, -0.15) is 0 Å². The van der Waals surface area contributed by atoms with Gasteiger partial charge in [0.2, 0.25) is 0 Å². The summed E-state index contributed by atoms with van der Waals surface area (Å²) in [6, 6.07) is 9.19. The molecule has 1 fully saturated rings. The van der Waals surface area contributed by atoms with Crippen LogP contribution in [0.4, 0.5) is 0 Å². The van der Waals surface area contributed by atoms with Gasteiger partial charge >= 0.3 is 23.9 Å². The van der Waals surface area contributed by atoms with Crippen molar-refractivity contribution >= 4 is 23.9 Å². The second-order valence-corrected chi connectivity index (χ2v) is 9.34. The molecule has 0 bridgehead atoms. The first kappa shape index (κ1) is 33.6. The molecule has 0 spiro atoms. The summed E-state index contributed by atoms with van der Waals surface area (Å²) in [5.41, 5.74) is -3.70. The maximum Gasteiger partial charge on any atom is 0.344 e. The van der Waals surface area contributed by atoms with Crippen molar-refractivity contribution in [2.24, 2.45) is 5.92 Å². The molecular formula is C28H39NO10. The molecule has 39 heavy (non-hydrogen) atoms. The van der Waals surface area contributed by atoms with E-state index < -0.39 is 47.9 Å². The number of benzene rings is 1. The number of aliphatic carboxylic acids is 3. The van der Waals surface area contributed by atoms with E-state index in [1.807, 2.05) is 30.3 Å². The number of carboxylic acid groups (broad SMARTS) is 3. The molecule has 1 aromatic rings. The van der Waals surface area contributed by atoms with E-state index in [-0.39, 0.29) is 12.5 Å². The highest BCUT2D eigenvalue weighted by atomic mass is 16.5. The minimum absolute atomic E-state index is 0.0158. The van der Waals surface area contributed by atoms with E-state index in [4.69, 9.17) is 25.2 Å². The smallest absolute Gasteiger partial charge is 0.344 e. The Kier molecular flexibility index (Phi) is 14.2. The van der Waals surface area contributed by atoms with Crippen molar-refractivity contribution in [2.45, 2.75) is 70.0 Å². The number of esters is 1. The van der Waals surface area contributed by atoms with Crippen LogP contribution in [0.5, 0.6) is 0 Å². The zero-order valence-electron chi connectivity index (χ0n) is 22.5. The summed E-state index contributed by atoms with van der Waals surface area (Å²) < 4.78 is 5.38. The van der Waals surface area contributed by atoms with Crippen LogP contribution in [0.2, 0.25) is 0 Å². The number of rotatable bonds is 12. The van der Waals surface area contributed by atoms with Crippen LogP contribution in [0, 0.1) is 17.8 Å². The number of carbonyl (C=O) groups is 4. The van der Waals surface area contributed by atoms with Gasteiger partial charge in [-0.25, -0.2) is 9.59 Å². The maximum absolute atomic E-state index is 12.8. The van der Waals surface area contributed by atoms with Gasteiger partial charge in [-0.1, -0.05) is 75.3 Å². The van der Waals surface area contributed by atoms with Crippen molar-refractivity contribution in [1.82, 2.24) is 4.90 Å². The molecule has 11 nitrogen and oxygen atoms in total. The lowest BCUT2D eigenvalue weighted by Gasteiger charge is -2.36.